The monoisotopic (exact) mass is 316 g/mol. The first-order chi connectivity index (χ1) is 11.2. The average molecular weight is 316 g/mol. The Bertz CT molecular complexity index is 667. The van der Waals surface area contributed by atoms with E-state index in [-0.39, 0.29) is 18.2 Å². The van der Waals surface area contributed by atoms with Crippen molar-refractivity contribution in [1.29, 1.82) is 0 Å². The third kappa shape index (κ3) is 3.60. The topological polar surface area (TPSA) is 42.4 Å². The number of carbonyl (C=O) groups excluding carboxylic acids is 1. The number of ether oxygens (including phenoxy) is 1. The lowest BCUT2D eigenvalue weighted by molar-refractivity contribution is -0.131. The van der Waals surface area contributed by atoms with Gasteiger partial charge in [-0.05, 0) is 37.0 Å². The van der Waals surface area contributed by atoms with Gasteiger partial charge in [0.2, 0.25) is 5.91 Å². The highest BCUT2D eigenvalue weighted by Crippen LogP contribution is 2.29. The normalized spacial score (nSPS) is 17.7. The predicted molar refractivity (Wildman–Crippen MR) is 85.1 cm³/mol. The predicted octanol–water partition coefficient (Wildman–Crippen LogP) is 3.29. The van der Waals surface area contributed by atoms with E-state index < -0.39 is 0 Å². The second kappa shape index (κ2) is 6.94. The number of allylic oxidation sites excluding steroid dienone is 3. The van der Waals surface area contributed by atoms with Gasteiger partial charge >= 0.3 is 0 Å². The second-order valence-electron chi connectivity index (χ2n) is 5.85. The van der Waals surface area contributed by atoms with E-state index in [0.29, 0.717) is 43.9 Å². The van der Waals surface area contributed by atoms with Crippen LogP contribution in [0.15, 0.2) is 41.6 Å². The molecule has 0 unspecified atom stereocenters. The van der Waals surface area contributed by atoms with Crippen LogP contribution in [0.1, 0.15) is 37.4 Å². The molecule has 0 saturated heterocycles. The summed E-state index contributed by atoms with van der Waals surface area (Å²) in [5.74, 6) is 0.320. The fourth-order valence-electron chi connectivity index (χ4n) is 3.04. The molecular weight excluding hydrogens is 295 g/mol. The lowest BCUT2D eigenvalue weighted by Gasteiger charge is -2.28. The molecule has 0 radical (unpaired) electrons. The molecule has 3 rings (SSSR count). The number of halogens is 1. The van der Waals surface area contributed by atoms with Gasteiger partial charge < -0.3 is 9.64 Å². The van der Waals surface area contributed by atoms with Gasteiger partial charge in [-0.25, -0.2) is 4.39 Å². The van der Waals surface area contributed by atoms with Crippen molar-refractivity contribution in [1.82, 2.24) is 9.88 Å². The Hall–Kier alpha value is -2.17. The molecule has 0 aromatic carbocycles. The molecule has 122 valence electrons. The smallest absolute Gasteiger partial charge is 0.227 e. The van der Waals surface area contributed by atoms with E-state index in [1.54, 1.807) is 11.1 Å². The second-order valence-corrected chi connectivity index (χ2v) is 5.85. The molecule has 2 heterocycles. The zero-order valence-corrected chi connectivity index (χ0v) is 13.3. The van der Waals surface area contributed by atoms with Crippen LogP contribution in [0.25, 0.3) is 0 Å². The highest BCUT2D eigenvalue weighted by atomic mass is 19.1. The van der Waals surface area contributed by atoms with Gasteiger partial charge in [-0.1, -0.05) is 6.07 Å². The van der Waals surface area contributed by atoms with Crippen molar-refractivity contribution in [2.24, 2.45) is 0 Å². The van der Waals surface area contributed by atoms with Gasteiger partial charge in [-0.2, -0.15) is 0 Å². The Morgan fingerprint density at radius 3 is 3.04 bits per heavy atom. The van der Waals surface area contributed by atoms with E-state index in [4.69, 9.17) is 4.74 Å². The van der Waals surface area contributed by atoms with Gasteiger partial charge in [0.15, 0.2) is 0 Å². The minimum atomic E-state index is -0.316. The van der Waals surface area contributed by atoms with Gasteiger partial charge in [-0.3, -0.25) is 9.78 Å². The van der Waals surface area contributed by atoms with Crippen LogP contribution >= 0.6 is 0 Å². The summed E-state index contributed by atoms with van der Waals surface area (Å²) in [5.41, 5.74) is 2.72. The van der Waals surface area contributed by atoms with E-state index in [1.807, 2.05) is 19.1 Å². The summed E-state index contributed by atoms with van der Waals surface area (Å²) in [5, 5.41) is 0. The number of aromatic nitrogens is 1. The Balaban J connectivity index is 1.65. The van der Waals surface area contributed by atoms with Crippen LogP contribution in [0.4, 0.5) is 4.39 Å². The summed E-state index contributed by atoms with van der Waals surface area (Å²) in [4.78, 5) is 18.6. The number of hydrogen-bond donors (Lipinski definition) is 0. The van der Waals surface area contributed by atoms with Crippen molar-refractivity contribution in [3.8, 4) is 0 Å². The molecule has 0 fully saturated rings. The van der Waals surface area contributed by atoms with Crippen molar-refractivity contribution >= 4 is 5.91 Å². The summed E-state index contributed by atoms with van der Waals surface area (Å²) in [6, 6.07) is 3.97. The molecule has 0 atom stereocenters. The first-order valence-corrected chi connectivity index (χ1v) is 8.08. The fourth-order valence-corrected chi connectivity index (χ4v) is 3.04. The molecule has 1 aliphatic carbocycles. The molecule has 23 heavy (non-hydrogen) atoms. The molecule has 5 heteroatoms. The largest absolute Gasteiger partial charge is 0.498 e. The molecule has 1 aromatic heterocycles. The highest BCUT2D eigenvalue weighted by molar-refractivity contribution is 5.79. The maximum Gasteiger partial charge on any atom is 0.227 e. The van der Waals surface area contributed by atoms with Crippen molar-refractivity contribution in [3.63, 3.8) is 0 Å². The van der Waals surface area contributed by atoms with E-state index in [2.05, 4.69) is 4.98 Å². The number of nitrogens with zero attached hydrogens (tertiary/aromatic N) is 2. The van der Waals surface area contributed by atoms with Crippen LogP contribution in [0.3, 0.4) is 0 Å². The summed E-state index contributed by atoms with van der Waals surface area (Å²) >= 11 is 0. The van der Waals surface area contributed by atoms with Crippen LogP contribution < -0.4 is 0 Å². The molecule has 1 amide bonds. The van der Waals surface area contributed by atoms with Crippen LogP contribution in [0.5, 0.6) is 0 Å². The summed E-state index contributed by atoms with van der Waals surface area (Å²) in [6.07, 6.45) is 5.33. The number of rotatable bonds is 4. The quantitative estimate of drug-likeness (QED) is 0.856. The average Bonchev–Trinajstić information content (AvgIpc) is 2.57. The van der Waals surface area contributed by atoms with Gasteiger partial charge in [0.05, 0.1) is 31.0 Å². The zero-order valence-electron chi connectivity index (χ0n) is 13.3. The van der Waals surface area contributed by atoms with Gasteiger partial charge in [0, 0.05) is 25.2 Å². The maximum atomic E-state index is 14.1. The van der Waals surface area contributed by atoms with Crippen molar-refractivity contribution in [2.75, 3.05) is 13.2 Å². The van der Waals surface area contributed by atoms with E-state index in [9.17, 15) is 9.18 Å². The summed E-state index contributed by atoms with van der Waals surface area (Å²) in [7, 11) is 0. The maximum absolute atomic E-state index is 14.1. The lowest BCUT2D eigenvalue weighted by Crippen LogP contribution is -2.36. The van der Waals surface area contributed by atoms with Crippen LogP contribution in [-0.4, -0.2) is 28.9 Å². The number of hydrogen-bond acceptors (Lipinski definition) is 3. The number of fused-ring (bicyclic) bond motifs is 1. The van der Waals surface area contributed by atoms with Gasteiger partial charge in [0.1, 0.15) is 5.83 Å². The van der Waals surface area contributed by atoms with Gasteiger partial charge in [-0.15, -0.1) is 0 Å². The van der Waals surface area contributed by atoms with Crippen molar-refractivity contribution < 1.29 is 13.9 Å². The Labute approximate surface area is 135 Å². The SMILES string of the molecule is CCOC1=CC(F)=C(CC(=O)N2CCc3cccnc3C2)CC1. The van der Waals surface area contributed by atoms with Crippen molar-refractivity contribution in [3.05, 3.63) is 52.8 Å². The lowest BCUT2D eigenvalue weighted by atomic mass is 9.98. The zero-order chi connectivity index (χ0) is 16.2. The Morgan fingerprint density at radius 1 is 1.39 bits per heavy atom. The Kier molecular flexibility index (Phi) is 4.74. The third-order valence-electron chi connectivity index (χ3n) is 4.32. The number of amides is 1. The minimum Gasteiger partial charge on any atom is -0.498 e. The van der Waals surface area contributed by atoms with E-state index in [1.165, 1.54) is 11.6 Å². The van der Waals surface area contributed by atoms with E-state index >= 15 is 0 Å². The Morgan fingerprint density at radius 2 is 2.26 bits per heavy atom. The minimum absolute atomic E-state index is 0.0280. The molecule has 0 spiro atoms. The molecule has 2 aliphatic rings. The molecule has 4 nitrogen and oxygen atoms in total. The van der Waals surface area contributed by atoms with Crippen LogP contribution in [-0.2, 0) is 22.5 Å². The molecule has 0 saturated carbocycles. The van der Waals surface area contributed by atoms with E-state index in [0.717, 1.165) is 12.1 Å². The third-order valence-corrected chi connectivity index (χ3v) is 4.32. The first kappa shape index (κ1) is 15.7. The molecule has 0 N–H and O–H groups in total. The molecule has 1 aliphatic heterocycles. The summed E-state index contributed by atoms with van der Waals surface area (Å²) in [6.45, 7) is 3.60. The van der Waals surface area contributed by atoms with Crippen LogP contribution in [0.2, 0.25) is 0 Å². The number of pyridine rings is 1. The fraction of sp³-hybridized carbons (Fsp3) is 0.444. The standard InChI is InChI=1S/C18H21FN2O2/c1-2-23-15-6-5-14(16(19)11-15)10-18(22)21-9-7-13-4-3-8-20-17(13)12-21/h3-4,8,11H,2,5-7,9-10,12H2,1H3. The molecular formula is C18H21FN2O2. The first-order valence-electron chi connectivity index (χ1n) is 8.08. The van der Waals surface area contributed by atoms with Gasteiger partial charge in [0.25, 0.3) is 0 Å². The number of carbonyl (C=O) groups is 1. The van der Waals surface area contributed by atoms with Crippen molar-refractivity contribution in [2.45, 2.75) is 39.2 Å². The highest BCUT2D eigenvalue weighted by Gasteiger charge is 2.24. The summed E-state index contributed by atoms with van der Waals surface area (Å²) < 4.78 is 19.5. The molecule has 0 bridgehead atoms. The van der Waals surface area contributed by atoms with Crippen LogP contribution in [0, 0.1) is 0 Å². The molecule has 1 aromatic rings.